The van der Waals surface area contributed by atoms with Crippen LogP contribution in [0.4, 0.5) is 0 Å². The van der Waals surface area contributed by atoms with E-state index in [1.165, 1.54) is 161 Å². The molecule has 0 bridgehead atoms. The number of aliphatic hydroxyl groups excluding tert-OH is 5. The molecule has 77 heavy (non-hydrogen) atoms. The molecule has 11 heteroatoms. The number of carbonyl (C=O) groups excluding carboxylic acids is 2. The maximum absolute atomic E-state index is 13.4. The Morgan fingerprint density at radius 3 is 1.36 bits per heavy atom. The molecule has 0 aliphatic carbocycles. The van der Waals surface area contributed by atoms with E-state index in [1.807, 2.05) is 6.08 Å². The molecule has 1 saturated heterocycles. The van der Waals surface area contributed by atoms with Gasteiger partial charge >= 0.3 is 5.97 Å². The molecule has 8 atom stereocenters. The third kappa shape index (κ3) is 42.0. The van der Waals surface area contributed by atoms with Gasteiger partial charge < -0.3 is 45.1 Å². The summed E-state index contributed by atoms with van der Waals surface area (Å²) in [7, 11) is 0. The van der Waals surface area contributed by atoms with Crippen LogP contribution in [0.1, 0.15) is 284 Å². The average molecular weight is 1090 g/mol. The fraction of sp³-hybridized carbons (Fsp3) is 0.818. The normalized spacial score (nSPS) is 19.4. The molecule has 11 nitrogen and oxygen atoms in total. The third-order valence-electron chi connectivity index (χ3n) is 14.9. The number of unbranched alkanes of at least 4 members (excludes halogenated alkanes) is 32. The highest BCUT2D eigenvalue weighted by molar-refractivity contribution is 5.80. The van der Waals surface area contributed by atoms with Crippen molar-refractivity contribution < 1.29 is 49.3 Å². The van der Waals surface area contributed by atoms with Gasteiger partial charge in [0.25, 0.3) is 0 Å². The summed E-state index contributed by atoms with van der Waals surface area (Å²) in [4.78, 5) is 26.5. The summed E-state index contributed by atoms with van der Waals surface area (Å²) in [6, 6.07) is -1.04. The molecular formula is C66H119NO10. The maximum Gasteiger partial charge on any atom is 0.306 e. The van der Waals surface area contributed by atoms with Crippen molar-refractivity contribution in [1.29, 1.82) is 0 Å². The van der Waals surface area contributed by atoms with Gasteiger partial charge in [-0.2, -0.15) is 0 Å². The lowest BCUT2D eigenvalue weighted by atomic mass is 9.99. The van der Waals surface area contributed by atoms with Gasteiger partial charge in [-0.1, -0.05) is 268 Å². The van der Waals surface area contributed by atoms with Gasteiger partial charge in [-0.3, -0.25) is 9.59 Å². The number of nitrogens with one attached hydrogen (secondary N) is 1. The monoisotopic (exact) mass is 1090 g/mol. The molecule has 0 spiro atoms. The first kappa shape index (κ1) is 72.4. The Morgan fingerprint density at radius 2 is 0.896 bits per heavy atom. The van der Waals surface area contributed by atoms with Gasteiger partial charge in [-0.15, -0.1) is 0 Å². The van der Waals surface area contributed by atoms with E-state index >= 15 is 0 Å². The number of hydrogen-bond acceptors (Lipinski definition) is 10. The summed E-state index contributed by atoms with van der Waals surface area (Å²) in [6.45, 7) is 5.75. The standard InChI is InChI=1S/C66H119NO10/c1-4-7-10-13-16-19-22-24-26-28-30-32-34-36-39-42-45-48-51-54-61(71)77-64-63(73)62(72)60(55-68)76-66(64)75-56-57(58(69)52-49-46-43-40-37-21-18-15-12-9-6-3)67-65(74)59(70)53-50-47-44-41-38-35-33-31-29-27-25-23-20-17-14-11-8-5-2/h17,20,25,27,31,33,38,41,49,52,57-60,62-64,66,68-70,72-73H,4-16,18-19,21-24,26,28-30,32,34-37,39-40,42-48,50-51,53-56H2,1-3H3,(H,67,74)/b20-17-,27-25-,33-31-,41-38-,52-49+. The van der Waals surface area contributed by atoms with Crippen molar-refractivity contribution in [3.63, 3.8) is 0 Å². The van der Waals surface area contributed by atoms with Gasteiger partial charge in [0.1, 0.15) is 24.4 Å². The topological polar surface area (TPSA) is 175 Å². The molecule has 0 aromatic rings. The lowest BCUT2D eigenvalue weighted by Crippen LogP contribution is -2.61. The van der Waals surface area contributed by atoms with E-state index in [-0.39, 0.29) is 19.4 Å². The molecule has 0 aromatic carbocycles. The van der Waals surface area contributed by atoms with Gasteiger partial charge in [0.15, 0.2) is 12.4 Å². The number of aliphatic hydroxyl groups is 5. The smallest absolute Gasteiger partial charge is 0.306 e. The number of esters is 1. The molecule has 0 aromatic heterocycles. The van der Waals surface area contributed by atoms with E-state index in [1.54, 1.807) is 6.08 Å². The zero-order chi connectivity index (χ0) is 56.1. The zero-order valence-electron chi connectivity index (χ0n) is 49.6. The largest absolute Gasteiger partial charge is 0.454 e. The predicted molar refractivity (Wildman–Crippen MR) is 320 cm³/mol. The Morgan fingerprint density at radius 1 is 0.506 bits per heavy atom. The summed E-state index contributed by atoms with van der Waals surface area (Å²) in [5, 5.41) is 57.0. The van der Waals surface area contributed by atoms with Crippen molar-refractivity contribution in [3.05, 3.63) is 60.8 Å². The van der Waals surface area contributed by atoms with Crippen molar-refractivity contribution >= 4 is 11.9 Å². The second-order valence-electron chi connectivity index (χ2n) is 22.1. The van der Waals surface area contributed by atoms with Crippen LogP contribution in [0.5, 0.6) is 0 Å². The second kappa shape index (κ2) is 54.0. The van der Waals surface area contributed by atoms with Gasteiger partial charge in [-0.25, -0.2) is 0 Å². The number of rotatable bonds is 54. The summed E-state index contributed by atoms with van der Waals surface area (Å²) >= 11 is 0. The predicted octanol–water partition coefficient (Wildman–Crippen LogP) is 15.4. The van der Waals surface area contributed by atoms with E-state index in [4.69, 9.17) is 14.2 Å². The van der Waals surface area contributed by atoms with Crippen LogP contribution in [0, 0.1) is 0 Å². The second-order valence-corrected chi connectivity index (χ2v) is 22.1. The quantitative estimate of drug-likeness (QED) is 0.0195. The van der Waals surface area contributed by atoms with Gasteiger partial charge in [-0.05, 0) is 70.6 Å². The van der Waals surface area contributed by atoms with Crippen LogP contribution in [-0.2, 0) is 23.8 Å². The Labute approximate surface area is 471 Å². The van der Waals surface area contributed by atoms with Gasteiger partial charge in [0, 0.05) is 6.42 Å². The van der Waals surface area contributed by atoms with Crippen LogP contribution in [0.25, 0.3) is 0 Å². The molecule has 8 unspecified atom stereocenters. The SMILES string of the molecule is CCCCC/C=C\C/C=C\C/C=C\C/C=C\CCCCC(O)C(=O)NC(COC1OC(CO)C(O)C(O)C1OC(=O)CCCCCCCCCCCCCCCCCCCCC)C(O)/C=C/CCCCCCCCCCC. The van der Waals surface area contributed by atoms with Gasteiger partial charge in [0.2, 0.25) is 5.91 Å². The van der Waals surface area contributed by atoms with E-state index in [0.717, 1.165) is 77.0 Å². The average Bonchev–Trinajstić information content (AvgIpc) is 3.43. The van der Waals surface area contributed by atoms with Crippen molar-refractivity contribution in [3.8, 4) is 0 Å². The first-order valence-corrected chi connectivity index (χ1v) is 32.1. The van der Waals surface area contributed by atoms with Crippen molar-refractivity contribution in [2.75, 3.05) is 13.2 Å². The Bertz CT molecular complexity index is 1480. The summed E-state index contributed by atoms with van der Waals surface area (Å²) in [6.07, 6.45) is 56.9. The summed E-state index contributed by atoms with van der Waals surface area (Å²) < 4.78 is 17.6. The lowest BCUT2D eigenvalue weighted by Gasteiger charge is -2.41. The van der Waals surface area contributed by atoms with E-state index in [2.05, 4.69) is 74.7 Å². The fourth-order valence-corrected chi connectivity index (χ4v) is 9.81. The highest BCUT2D eigenvalue weighted by atomic mass is 16.7. The Hall–Kier alpha value is -2.64. The number of carbonyl (C=O) groups is 2. The molecule has 1 heterocycles. The molecule has 1 rings (SSSR count). The fourth-order valence-electron chi connectivity index (χ4n) is 9.81. The molecule has 1 amide bonds. The molecule has 1 fully saturated rings. The first-order chi connectivity index (χ1) is 37.7. The van der Waals surface area contributed by atoms with Crippen LogP contribution in [0.3, 0.4) is 0 Å². The third-order valence-corrected chi connectivity index (χ3v) is 14.9. The van der Waals surface area contributed by atoms with Crippen LogP contribution >= 0.6 is 0 Å². The number of amides is 1. The highest BCUT2D eigenvalue weighted by Gasteiger charge is 2.47. The molecule has 1 aliphatic rings. The zero-order valence-corrected chi connectivity index (χ0v) is 49.6. The minimum Gasteiger partial charge on any atom is -0.454 e. The number of hydrogen-bond donors (Lipinski definition) is 6. The van der Waals surface area contributed by atoms with Crippen LogP contribution in [0.2, 0.25) is 0 Å². The molecule has 1 aliphatic heterocycles. The van der Waals surface area contributed by atoms with Crippen molar-refractivity contribution in [2.24, 2.45) is 0 Å². The molecule has 0 radical (unpaired) electrons. The minimum atomic E-state index is -1.62. The maximum atomic E-state index is 13.4. The van der Waals surface area contributed by atoms with Crippen LogP contribution in [0.15, 0.2) is 60.8 Å². The van der Waals surface area contributed by atoms with E-state index in [0.29, 0.717) is 12.8 Å². The summed E-state index contributed by atoms with van der Waals surface area (Å²) in [5.41, 5.74) is 0. The van der Waals surface area contributed by atoms with Crippen LogP contribution < -0.4 is 5.32 Å². The highest BCUT2D eigenvalue weighted by Crippen LogP contribution is 2.26. The molecular weight excluding hydrogens is 967 g/mol. The minimum absolute atomic E-state index is 0.122. The molecule has 448 valence electrons. The number of allylic oxidation sites excluding steroid dienone is 9. The van der Waals surface area contributed by atoms with Crippen LogP contribution in [-0.4, -0.2) is 99.6 Å². The van der Waals surface area contributed by atoms with Gasteiger partial charge in [0.05, 0.1) is 25.4 Å². The van der Waals surface area contributed by atoms with Crippen molar-refractivity contribution in [1.82, 2.24) is 5.32 Å². The molecule has 6 N–H and O–H groups in total. The summed E-state index contributed by atoms with van der Waals surface area (Å²) in [5.74, 6) is -1.22. The Kier molecular flexibility index (Phi) is 50.7. The lowest BCUT2D eigenvalue weighted by molar-refractivity contribution is -0.305. The van der Waals surface area contributed by atoms with Crippen molar-refractivity contribution in [2.45, 2.75) is 333 Å². The number of ether oxygens (including phenoxy) is 3. The van der Waals surface area contributed by atoms with E-state index < -0.39 is 67.4 Å². The molecule has 0 saturated carbocycles. The Balaban J connectivity index is 2.67. The van der Waals surface area contributed by atoms with E-state index in [9.17, 15) is 35.1 Å². The first-order valence-electron chi connectivity index (χ1n) is 32.1.